The summed E-state index contributed by atoms with van der Waals surface area (Å²) < 4.78 is 5.49. The number of amides is 4. The van der Waals surface area contributed by atoms with Gasteiger partial charge in [-0.3, -0.25) is 29.4 Å². The van der Waals surface area contributed by atoms with E-state index in [1.54, 1.807) is 18.2 Å². The summed E-state index contributed by atoms with van der Waals surface area (Å²) >= 11 is 0. The summed E-state index contributed by atoms with van der Waals surface area (Å²) in [5, 5.41) is 19.7. The monoisotopic (exact) mass is 682 g/mol. The molecule has 1 aromatic heterocycles. The molecule has 2 aliphatic carbocycles. The Morgan fingerprint density at radius 3 is 2.43 bits per heavy atom. The molecule has 2 unspecified atom stereocenters. The van der Waals surface area contributed by atoms with Crippen LogP contribution >= 0.6 is 0 Å². The van der Waals surface area contributed by atoms with Crippen molar-refractivity contribution in [1.82, 2.24) is 15.4 Å². The van der Waals surface area contributed by atoms with Crippen molar-refractivity contribution in [1.29, 1.82) is 5.26 Å². The van der Waals surface area contributed by atoms with E-state index in [4.69, 9.17) is 4.52 Å². The highest BCUT2D eigenvalue weighted by atomic mass is 16.5. The molecule has 3 aromatic carbocycles. The summed E-state index contributed by atoms with van der Waals surface area (Å²) in [6, 6.07) is 21.5. The maximum absolute atomic E-state index is 13.3. The molecule has 11 nitrogen and oxygen atoms in total. The first kappa shape index (κ1) is 32.4. The first-order chi connectivity index (χ1) is 24.6. The fourth-order valence-corrected chi connectivity index (χ4v) is 7.69. The number of hydrogen-bond donors (Lipinski definition) is 2. The lowest BCUT2D eigenvalue weighted by molar-refractivity contribution is -0.136. The van der Waals surface area contributed by atoms with Crippen molar-refractivity contribution in [3.05, 3.63) is 94.4 Å². The van der Waals surface area contributed by atoms with E-state index in [2.05, 4.69) is 76.1 Å². The van der Waals surface area contributed by atoms with Gasteiger partial charge in [-0.25, -0.2) is 0 Å². The molecular weight excluding hydrogens is 644 g/mol. The fraction of sp³-hybridized carbons (Fsp3) is 0.350. The number of anilines is 3. The highest BCUT2D eigenvalue weighted by molar-refractivity contribution is 6.23. The molecule has 4 amide bonds. The van der Waals surface area contributed by atoms with E-state index in [1.165, 1.54) is 0 Å². The molecule has 258 valence electrons. The number of hydrogen-bond acceptors (Lipinski definition) is 9. The van der Waals surface area contributed by atoms with E-state index in [9.17, 15) is 24.4 Å². The Kier molecular flexibility index (Phi) is 7.78. The molecule has 0 bridgehead atoms. The summed E-state index contributed by atoms with van der Waals surface area (Å²) in [7, 11) is 0. The number of benzene rings is 3. The normalized spacial score (nSPS) is 21.6. The number of nitriles is 1. The van der Waals surface area contributed by atoms with Gasteiger partial charge in [0.15, 0.2) is 0 Å². The van der Waals surface area contributed by atoms with Crippen molar-refractivity contribution in [3.63, 3.8) is 0 Å². The Labute approximate surface area is 295 Å². The van der Waals surface area contributed by atoms with Gasteiger partial charge >= 0.3 is 0 Å². The number of fused-ring (bicyclic) bond motifs is 1. The quantitative estimate of drug-likeness (QED) is 0.189. The highest BCUT2D eigenvalue weighted by Crippen LogP contribution is 2.48. The first-order valence-corrected chi connectivity index (χ1v) is 17.5. The number of imide groups is 2. The van der Waals surface area contributed by atoms with Gasteiger partial charge in [0.25, 0.3) is 11.8 Å². The summed E-state index contributed by atoms with van der Waals surface area (Å²) in [4.78, 5) is 53.9. The Morgan fingerprint density at radius 1 is 0.980 bits per heavy atom. The minimum Gasteiger partial charge on any atom is -0.385 e. The lowest BCUT2D eigenvalue weighted by Crippen LogP contribution is -2.54. The van der Waals surface area contributed by atoms with Crippen molar-refractivity contribution in [3.8, 4) is 17.2 Å². The second-order valence-corrected chi connectivity index (χ2v) is 14.4. The third kappa shape index (κ3) is 5.74. The Hall–Kier alpha value is -5.76. The molecule has 0 radical (unpaired) electrons. The van der Waals surface area contributed by atoms with Gasteiger partial charge in [-0.05, 0) is 111 Å². The first-order valence-electron chi connectivity index (χ1n) is 17.5. The zero-order valence-corrected chi connectivity index (χ0v) is 28.8. The van der Waals surface area contributed by atoms with Gasteiger partial charge in [-0.15, -0.1) is 0 Å². The number of aromatic nitrogens is 1. The molecule has 3 fully saturated rings. The zero-order chi connectivity index (χ0) is 35.6. The number of rotatable bonds is 10. The molecule has 1 saturated heterocycles. The van der Waals surface area contributed by atoms with Crippen LogP contribution in [-0.2, 0) is 15.0 Å². The predicted molar refractivity (Wildman–Crippen MR) is 189 cm³/mol. The number of carbonyl (C=O) groups excluding carboxylic acids is 4. The Bertz CT molecular complexity index is 2140. The van der Waals surface area contributed by atoms with E-state index in [0.29, 0.717) is 18.4 Å². The van der Waals surface area contributed by atoms with Crippen molar-refractivity contribution in [2.45, 2.75) is 64.3 Å². The summed E-state index contributed by atoms with van der Waals surface area (Å²) in [5.74, 6) is -0.495. The molecule has 0 spiro atoms. The predicted octanol–water partition coefficient (Wildman–Crippen LogP) is 6.11. The van der Waals surface area contributed by atoms with Gasteiger partial charge in [0.2, 0.25) is 11.8 Å². The highest BCUT2D eigenvalue weighted by Gasteiger charge is 2.46. The van der Waals surface area contributed by atoms with Crippen molar-refractivity contribution in [2.24, 2.45) is 11.8 Å². The van der Waals surface area contributed by atoms with Crippen LogP contribution in [0, 0.1) is 43.9 Å². The molecule has 4 aliphatic rings. The van der Waals surface area contributed by atoms with Crippen LogP contribution in [-0.4, -0.2) is 52.8 Å². The molecule has 8 rings (SSSR count). The van der Waals surface area contributed by atoms with Crippen LogP contribution in [0.15, 0.2) is 65.2 Å². The maximum Gasteiger partial charge on any atom is 0.262 e. The molecular formula is C40H38N6O5. The van der Waals surface area contributed by atoms with E-state index in [1.807, 2.05) is 13.8 Å². The van der Waals surface area contributed by atoms with Crippen molar-refractivity contribution >= 4 is 40.7 Å². The number of aryl methyl sites for hydroxylation is 3. The fourth-order valence-electron chi connectivity index (χ4n) is 7.69. The number of carbonyl (C=O) groups is 4. The van der Waals surface area contributed by atoms with E-state index < -0.39 is 29.7 Å². The summed E-state index contributed by atoms with van der Waals surface area (Å²) in [6.45, 7) is 7.49. The number of piperidine rings is 1. The van der Waals surface area contributed by atoms with E-state index >= 15 is 0 Å². The van der Waals surface area contributed by atoms with Crippen molar-refractivity contribution in [2.75, 3.05) is 23.3 Å². The van der Waals surface area contributed by atoms with Gasteiger partial charge in [0, 0.05) is 42.1 Å². The molecule has 3 atom stereocenters. The van der Waals surface area contributed by atoms with Crippen LogP contribution in [0.25, 0.3) is 11.1 Å². The zero-order valence-electron chi connectivity index (χ0n) is 28.8. The number of nitrogens with zero attached hydrogens (tertiary/aromatic N) is 4. The maximum atomic E-state index is 13.3. The van der Waals surface area contributed by atoms with Crippen LogP contribution in [0.2, 0.25) is 0 Å². The van der Waals surface area contributed by atoms with Crippen LogP contribution in [0.1, 0.15) is 75.4 Å². The minimum atomic E-state index is -0.993. The third-order valence-electron chi connectivity index (χ3n) is 11.0. The topological polar surface area (TPSA) is 149 Å². The molecule has 4 aromatic rings. The van der Waals surface area contributed by atoms with Gasteiger partial charge in [-0.2, -0.15) is 5.26 Å². The molecule has 2 aliphatic heterocycles. The van der Waals surface area contributed by atoms with Gasteiger partial charge in [-0.1, -0.05) is 29.4 Å². The minimum absolute atomic E-state index is 0.0794. The van der Waals surface area contributed by atoms with Crippen LogP contribution in [0.4, 0.5) is 17.1 Å². The standard InChI is InChI=1S/C40H38N6O5/c1-22-4-5-25(36-23(2)44-51-24(36)3)17-34(22)45(30-9-6-28(7-10-30)40(21-41)14-15-40)20-27-16-26(27)19-42-29-8-11-31-32(18-29)39(50)46(38(31)49)33-12-13-35(47)43-37(33)48/h4-11,17-18,26-27,33,42H,12-16,19-20H2,1-3H3,(H,43,47,48)/t26?,27-,33?/m1/s1. The van der Waals surface area contributed by atoms with Crippen LogP contribution in [0.5, 0.6) is 0 Å². The van der Waals surface area contributed by atoms with Crippen LogP contribution < -0.4 is 15.5 Å². The lowest BCUT2D eigenvalue weighted by atomic mass is 9.97. The third-order valence-corrected chi connectivity index (χ3v) is 11.0. The Morgan fingerprint density at radius 2 is 1.75 bits per heavy atom. The molecule has 2 saturated carbocycles. The van der Waals surface area contributed by atoms with Gasteiger partial charge < -0.3 is 14.7 Å². The van der Waals surface area contributed by atoms with E-state index in [-0.39, 0.29) is 29.4 Å². The van der Waals surface area contributed by atoms with Crippen molar-refractivity contribution < 1.29 is 23.7 Å². The van der Waals surface area contributed by atoms with Crippen LogP contribution in [0.3, 0.4) is 0 Å². The Balaban J connectivity index is 0.996. The lowest BCUT2D eigenvalue weighted by Gasteiger charge is -2.28. The average molecular weight is 683 g/mol. The van der Waals surface area contributed by atoms with E-state index in [0.717, 1.165) is 81.5 Å². The second-order valence-electron chi connectivity index (χ2n) is 14.4. The summed E-state index contributed by atoms with van der Waals surface area (Å²) in [6.07, 6.45) is 3.02. The average Bonchev–Trinajstić information content (AvgIpc) is 4.04. The largest absolute Gasteiger partial charge is 0.385 e. The SMILES string of the molecule is Cc1ccc(-c2c(C)noc2C)cc1N(C[C@H]1CC1CNc1ccc2c(c1)C(=O)N(C1CCC(=O)NC1=O)C2=O)c1ccc(C2(C#N)CC2)cc1. The molecule has 2 N–H and O–H groups in total. The second kappa shape index (κ2) is 12.2. The van der Waals surface area contributed by atoms with Gasteiger partial charge in [0.1, 0.15) is 11.8 Å². The van der Waals surface area contributed by atoms with Gasteiger partial charge in [0.05, 0.1) is 28.3 Å². The summed E-state index contributed by atoms with van der Waals surface area (Å²) in [5.41, 5.74) is 8.16. The smallest absolute Gasteiger partial charge is 0.262 e. The molecule has 3 heterocycles. The molecule has 51 heavy (non-hydrogen) atoms. The number of nitrogens with one attached hydrogen (secondary N) is 2. The molecule has 11 heteroatoms.